The Hall–Kier alpha value is -2.94. The van der Waals surface area contributed by atoms with Gasteiger partial charge in [0, 0.05) is 11.7 Å². The first kappa shape index (κ1) is 13.1. The van der Waals surface area contributed by atoms with Crippen LogP contribution in [0.4, 0.5) is 11.5 Å². The van der Waals surface area contributed by atoms with Crippen molar-refractivity contribution in [2.24, 2.45) is 0 Å². The molecule has 2 N–H and O–H groups in total. The monoisotopic (exact) mass is 279 g/mol. The molecule has 1 aliphatic carbocycles. The number of aromatic nitrogens is 2. The molecule has 3 rings (SSSR count). The zero-order valence-electron chi connectivity index (χ0n) is 11.2. The summed E-state index contributed by atoms with van der Waals surface area (Å²) in [4.78, 5) is 20.0. The van der Waals surface area contributed by atoms with Crippen molar-refractivity contribution in [1.82, 2.24) is 15.3 Å². The largest absolute Gasteiger partial charge is 0.348 e. The molecule has 0 radical (unpaired) electrons. The van der Waals surface area contributed by atoms with Crippen LogP contribution < -0.4 is 10.6 Å². The zero-order chi connectivity index (χ0) is 14.7. The van der Waals surface area contributed by atoms with Crippen LogP contribution in [0.5, 0.6) is 0 Å². The van der Waals surface area contributed by atoms with Crippen LogP contribution in [-0.2, 0) is 0 Å². The minimum Gasteiger partial charge on any atom is -0.348 e. The van der Waals surface area contributed by atoms with Gasteiger partial charge in [-0.25, -0.2) is 9.97 Å². The van der Waals surface area contributed by atoms with E-state index in [1.54, 1.807) is 24.3 Å². The van der Waals surface area contributed by atoms with Gasteiger partial charge in [0.25, 0.3) is 5.91 Å². The highest BCUT2D eigenvalue weighted by Crippen LogP contribution is 2.19. The predicted octanol–water partition coefficient (Wildman–Crippen LogP) is 1.98. The van der Waals surface area contributed by atoms with Crippen LogP contribution in [0.15, 0.2) is 36.7 Å². The number of nitrogens with zero attached hydrogens (tertiary/aromatic N) is 3. The normalized spacial score (nSPS) is 13.3. The topological polar surface area (TPSA) is 90.7 Å². The highest BCUT2D eigenvalue weighted by Gasteiger charge is 2.24. The molecule has 6 heteroatoms. The van der Waals surface area contributed by atoms with Crippen molar-refractivity contribution in [3.8, 4) is 6.07 Å². The molecular formula is C15H13N5O. The van der Waals surface area contributed by atoms with E-state index < -0.39 is 0 Å². The molecule has 1 aliphatic rings. The third-order valence-corrected chi connectivity index (χ3v) is 3.08. The third-order valence-electron chi connectivity index (χ3n) is 3.08. The molecule has 1 heterocycles. The second-order valence-corrected chi connectivity index (χ2v) is 4.85. The second kappa shape index (κ2) is 5.59. The quantitative estimate of drug-likeness (QED) is 0.893. The Labute approximate surface area is 121 Å². The minimum absolute atomic E-state index is 0.185. The molecule has 0 unspecified atom stereocenters. The SMILES string of the molecule is N#Cc1ccc(Nc2cnc(C(=O)NC3CC3)cn2)cc1. The van der Waals surface area contributed by atoms with Crippen LogP contribution in [0.2, 0.25) is 0 Å². The fraction of sp³-hybridized carbons (Fsp3) is 0.200. The fourth-order valence-corrected chi connectivity index (χ4v) is 1.77. The smallest absolute Gasteiger partial charge is 0.271 e. The number of carbonyl (C=O) groups is 1. The van der Waals surface area contributed by atoms with Gasteiger partial charge < -0.3 is 10.6 Å². The summed E-state index contributed by atoms with van der Waals surface area (Å²) in [7, 11) is 0. The van der Waals surface area contributed by atoms with Crippen LogP contribution >= 0.6 is 0 Å². The molecule has 1 fully saturated rings. The maximum atomic E-state index is 11.8. The summed E-state index contributed by atoms with van der Waals surface area (Å²) in [6.07, 6.45) is 5.04. The van der Waals surface area contributed by atoms with Crippen LogP contribution in [0.1, 0.15) is 28.9 Å². The lowest BCUT2D eigenvalue weighted by atomic mass is 10.2. The number of carbonyl (C=O) groups excluding carboxylic acids is 1. The molecule has 0 aliphatic heterocycles. The minimum atomic E-state index is -0.185. The van der Waals surface area contributed by atoms with Gasteiger partial charge >= 0.3 is 0 Å². The van der Waals surface area contributed by atoms with Gasteiger partial charge in [0.1, 0.15) is 11.5 Å². The summed E-state index contributed by atoms with van der Waals surface area (Å²) >= 11 is 0. The number of benzene rings is 1. The van der Waals surface area contributed by atoms with Gasteiger partial charge in [0.05, 0.1) is 24.0 Å². The molecule has 6 nitrogen and oxygen atoms in total. The number of nitrogens with one attached hydrogen (secondary N) is 2. The van der Waals surface area contributed by atoms with Crippen molar-refractivity contribution in [1.29, 1.82) is 5.26 Å². The molecule has 1 aromatic heterocycles. The Kier molecular flexibility index (Phi) is 3.48. The molecule has 1 aromatic carbocycles. The van der Waals surface area contributed by atoms with Gasteiger partial charge in [0.15, 0.2) is 0 Å². The second-order valence-electron chi connectivity index (χ2n) is 4.85. The van der Waals surface area contributed by atoms with E-state index in [9.17, 15) is 4.79 Å². The van der Waals surface area contributed by atoms with Gasteiger partial charge in [-0.05, 0) is 37.1 Å². The van der Waals surface area contributed by atoms with E-state index in [0.29, 0.717) is 23.1 Å². The Morgan fingerprint density at radius 1 is 1.19 bits per heavy atom. The van der Waals surface area contributed by atoms with E-state index >= 15 is 0 Å². The number of hydrogen-bond donors (Lipinski definition) is 2. The number of amides is 1. The van der Waals surface area contributed by atoms with Crippen molar-refractivity contribution in [3.05, 3.63) is 47.9 Å². The first-order chi connectivity index (χ1) is 10.2. The van der Waals surface area contributed by atoms with Crippen LogP contribution in [0.25, 0.3) is 0 Å². The molecular weight excluding hydrogens is 266 g/mol. The Balaban J connectivity index is 1.65. The molecule has 104 valence electrons. The lowest BCUT2D eigenvalue weighted by molar-refractivity contribution is 0.0945. The Bertz CT molecular complexity index is 683. The van der Waals surface area contributed by atoms with Crippen LogP contribution in [0, 0.1) is 11.3 Å². The van der Waals surface area contributed by atoms with Gasteiger partial charge in [-0.1, -0.05) is 0 Å². The number of nitriles is 1. The Morgan fingerprint density at radius 3 is 2.52 bits per heavy atom. The lowest BCUT2D eigenvalue weighted by Gasteiger charge is -2.06. The summed E-state index contributed by atoms with van der Waals surface area (Å²) in [5.41, 5.74) is 1.71. The average Bonchev–Trinajstić information content (AvgIpc) is 3.33. The third kappa shape index (κ3) is 3.34. The van der Waals surface area contributed by atoms with E-state index in [1.165, 1.54) is 12.4 Å². The summed E-state index contributed by atoms with van der Waals surface area (Å²) in [6.45, 7) is 0. The highest BCUT2D eigenvalue weighted by molar-refractivity contribution is 5.92. The molecule has 0 spiro atoms. The van der Waals surface area contributed by atoms with E-state index in [-0.39, 0.29) is 5.91 Å². The van der Waals surface area contributed by atoms with Gasteiger partial charge in [-0.15, -0.1) is 0 Å². The van der Waals surface area contributed by atoms with Crippen LogP contribution in [0.3, 0.4) is 0 Å². The van der Waals surface area contributed by atoms with Crippen molar-refractivity contribution in [3.63, 3.8) is 0 Å². The average molecular weight is 279 g/mol. The molecule has 1 saturated carbocycles. The summed E-state index contributed by atoms with van der Waals surface area (Å²) < 4.78 is 0. The summed E-state index contributed by atoms with van der Waals surface area (Å²) in [5, 5.41) is 14.7. The van der Waals surface area contributed by atoms with Crippen molar-refractivity contribution < 1.29 is 4.79 Å². The molecule has 0 saturated heterocycles. The molecule has 0 atom stereocenters. The van der Waals surface area contributed by atoms with E-state index in [2.05, 4.69) is 26.7 Å². The lowest BCUT2D eigenvalue weighted by Crippen LogP contribution is -2.26. The zero-order valence-corrected chi connectivity index (χ0v) is 11.2. The first-order valence-corrected chi connectivity index (χ1v) is 6.65. The van der Waals surface area contributed by atoms with Gasteiger partial charge in [-0.2, -0.15) is 5.26 Å². The van der Waals surface area contributed by atoms with Crippen molar-refractivity contribution in [2.75, 3.05) is 5.32 Å². The summed E-state index contributed by atoms with van der Waals surface area (Å²) in [5.74, 6) is 0.359. The van der Waals surface area contributed by atoms with Gasteiger partial charge in [-0.3, -0.25) is 4.79 Å². The number of hydrogen-bond acceptors (Lipinski definition) is 5. The molecule has 21 heavy (non-hydrogen) atoms. The maximum absolute atomic E-state index is 11.8. The van der Waals surface area contributed by atoms with Crippen LogP contribution in [-0.4, -0.2) is 21.9 Å². The van der Waals surface area contributed by atoms with E-state index in [0.717, 1.165) is 18.5 Å². The number of anilines is 2. The highest BCUT2D eigenvalue weighted by atomic mass is 16.2. The number of rotatable bonds is 4. The van der Waals surface area contributed by atoms with Crippen molar-refractivity contribution in [2.45, 2.75) is 18.9 Å². The standard InChI is InChI=1S/C15H13N5O/c16-7-10-1-3-11(4-2-10)19-14-9-17-13(8-18-14)15(21)20-12-5-6-12/h1-4,8-9,12H,5-6H2,(H,18,19)(H,20,21). The first-order valence-electron chi connectivity index (χ1n) is 6.65. The molecule has 1 amide bonds. The van der Waals surface area contributed by atoms with E-state index in [1.807, 2.05) is 0 Å². The van der Waals surface area contributed by atoms with Gasteiger partial charge in [0.2, 0.25) is 0 Å². The van der Waals surface area contributed by atoms with E-state index in [4.69, 9.17) is 5.26 Å². The van der Waals surface area contributed by atoms with Crippen molar-refractivity contribution >= 4 is 17.4 Å². The summed E-state index contributed by atoms with van der Waals surface area (Å²) in [6, 6.07) is 9.36. The maximum Gasteiger partial charge on any atom is 0.271 e. The Morgan fingerprint density at radius 2 is 1.95 bits per heavy atom. The fourth-order valence-electron chi connectivity index (χ4n) is 1.77. The predicted molar refractivity (Wildman–Crippen MR) is 77.0 cm³/mol. The molecule has 2 aromatic rings. The molecule has 0 bridgehead atoms.